The monoisotopic (exact) mass is 327 g/mol. The first-order chi connectivity index (χ1) is 11.1. The number of hydrogen-bond acceptors (Lipinski definition) is 6. The molecule has 4 rings (SSSR count). The van der Waals surface area contributed by atoms with Gasteiger partial charge in [0.1, 0.15) is 12.1 Å². The maximum atomic E-state index is 12.1. The fourth-order valence-electron chi connectivity index (χ4n) is 2.44. The van der Waals surface area contributed by atoms with Crippen LogP contribution < -0.4 is 4.87 Å². The summed E-state index contributed by atoms with van der Waals surface area (Å²) in [6.07, 6.45) is 0. The van der Waals surface area contributed by atoms with Gasteiger partial charge < -0.3 is 4.42 Å². The molecule has 2 aromatic heterocycles. The minimum absolute atomic E-state index is 0.0458. The van der Waals surface area contributed by atoms with Gasteiger partial charge in [0.15, 0.2) is 5.58 Å². The molecule has 0 aliphatic heterocycles. The molecule has 0 atom stereocenters. The number of thiazole rings is 1. The van der Waals surface area contributed by atoms with E-state index in [1.807, 2.05) is 24.3 Å². The van der Waals surface area contributed by atoms with Crippen LogP contribution in [0.2, 0.25) is 0 Å². The minimum atomic E-state index is -0.481. The van der Waals surface area contributed by atoms with Gasteiger partial charge in [-0.2, -0.15) is 0 Å². The highest BCUT2D eigenvalue weighted by Gasteiger charge is 2.14. The van der Waals surface area contributed by atoms with Gasteiger partial charge in [-0.1, -0.05) is 23.5 Å². The van der Waals surface area contributed by atoms with Gasteiger partial charge in [0.25, 0.3) is 5.69 Å². The Kier molecular flexibility index (Phi) is 2.98. The van der Waals surface area contributed by atoms with Gasteiger partial charge in [-0.15, -0.1) is 0 Å². The third kappa shape index (κ3) is 2.29. The Hall–Kier alpha value is -3.00. The number of non-ortho nitro benzene ring substituents is 1. The Morgan fingerprint density at radius 2 is 2.09 bits per heavy atom. The van der Waals surface area contributed by atoms with Crippen molar-refractivity contribution in [3.05, 3.63) is 68.1 Å². The number of nitro benzene ring substituents is 1. The smallest absolute Gasteiger partial charge is 0.308 e. The van der Waals surface area contributed by atoms with Crippen molar-refractivity contribution in [3.63, 3.8) is 0 Å². The van der Waals surface area contributed by atoms with Crippen molar-refractivity contribution in [1.29, 1.82) is 0 Å². The van der Waals surface area contributed by atoms with E-state index in [1.165, 1.54) is 18.2 Å². The first kappa shape index (κ1) is 13.6. The van der Waals surface area contributed by atoms with Crippen molar-refractivity contribution in [2.75, 3.05) is 0 Å². The largest absolute Gasteiger partial charge is 0.439 e. The summed E-state index contributed by atoms with van der Waals surface area (Å²) >= 11 is 1.16. The molecule has 8 heteroatoms. The molecule has 0 saturated heterocycles. The molecular formula is C15H9N3O4S. The topological polar surface area (TPSA) is 91.2 Å². The number of rotatable bonds is 3. The average molecular weight is 327 g/mol. The van der Waals surface area contributed by atoms with Crippen LogP contribution in [0.3, 0.4) is 0 Å². The number of aromatic nitrogens is 2. The molecule has 0 aliphatic rings. The summed E-state index contributed by atoms with van der Waals surface area (Å²) in [7, 11) is 0. The van der Waals surface area contributed by atoms with Gasteiger partial charge in [0, 0.05) is 12.1 Å². The highest BCUT2D eigenvalue weighted by molar-refractivity contribution is 7.16. The normalized spacial score (nSPS) is 11.3. The summed E-state index contributed by atoms with van der Waals surface area (Å²) in [5.74, 6) is 0.339. The molecule has 0 aliphatic carbocycles. The molecule has 0 saturated carbocycles. The summed E-state index contributed by atoms with van der Waals surface area (Å²) < 4.78 is 8.07. The minimum Gasteiger partial charge on any atom is -0.439 e. The fourth-order valence-corrected chi connectivity index (χ4v) is 3.33. The van der Waals surface area contributed by atoms with Gasteiger partial charge in [-0.25, -0.2) is 4.98 Å². The van der Waals surface area contributed by atoms with E-state index in [2.05, 4.69) is 4.98 Å². The molecule has 2 heterocycles. The van der Waals surface area contributed by atoms with E-state index in [-0.39, 0.29) is 17.1 Å². The third-order valence-electron chi connectivity index (χ3n) is 3.49. The van der Waals surface area contributed by atoms with Crippen LogP contribution in [0.1, 0.15) is 5.89 Å². The van der Waals surface area contributed by atoms with Gasteiger partial charge in [0.05, 0.1) is 15.1 Å². The number of hydrogen-bond donors (Lipinski definition) is 0. The standard InChI is InChI=1S/C15H9N3O4S/c19-15-17(11-3-1-2-4-13(11)23-15)8-14-16-10-7-9(18(20)21)5-6-12(10)22-14/h1-7H,8H2. The van der Waals surface area contributed by atoms with Crippen molar-refractivity contribution in [2.45, 2.75) is 6.54 Å². The lowest BCUT2D eigenvalue weighted by Gasteiger charge is -1.99. The lowest BCUT2D eigenvalue weighted by Crippen LogP contribution is -2.13. The number of para-hydroxylation sites is 1. The molecule has 114 valence electrons. The van der Waals surface area contributed by atoms with E-state index in [0.717, 1.165) is 21.6 Å². The molecular weight excluding hydrogens is 318 g/mol. The third-order valence-corrected chi connectivity index (χ3v) is 4.45. The second-order valence-electron chi connectivity index (χ2n) is 4.94. The Bertz CT molecular complexity index is 1110. The lowest BCUT2D eigenvalue weighted by molar-refractivity contribution is -0.384. The van der Waals surface area contributed by atoms with Gasteiger partial charge in [-0.3, -0.25) is 19.5 Å². The summed E-state index contributed by atoms with van der Waals surface area (Å²) in [4.78, 5) is 26.6. The average Bonchev–Trinajstić information content (AvgIpc) is 3.07. The molecule has 0 unspecified atom stereocenters. The van der Waals surface area contributed by atoms with Crippen LogP contribution in [0.25, 0.3) is 21.3 Å². The molecule has 0 amide bonds. The highest BCUT2D eigenvalue weighted by atomic mass is 32.1. The van der Waals surface area contributed by atoms with Crippen LogP contribution in [-0.2, 0) is 6.54 Å². The quantitative estimate of drug-likeness (QED) is 0.426. The van der Waals surface area contributed by atoms with E-state index < -0.39 is 4.92 Å². The zero-order chi connectivity index (χ0) is 16.0. The SMILES string of the molecule is O=c1sc2ccccc2n1Cc1nc2cc([N+](=O)[O-])ccc2o1. The van der Waals surface area contributed by atoms with E-state index in [4.69, 9.17) is 4.42 Å². The number of nitrogens with zero attached hydrogens (tertiary/aromatic N) is 3. The number of oxazole rings is 1. The molecule has 4 aromatic rings. The summed E-state index contributed by atoms with van der Waals surface area (Å²) in [5.41, 5.74) is 1.63. The Morgan fingerprint density at radius 1 is 1.26 bits per heavy atom. The van der Waals surface area contributed by atoms with Crippen molar-refractivity contribution in [1.82, 2.24) is 9.55 Å². The van der Waals surface area contributed by atoms with Gasteiger partial charge >= 0.3 is 4.87 Å². The van der Waals surface area contributed by atoms with E-state index in [0.29, 0.717) is 17.0 Å². The zero-order valence-corrected chi connectivity index (χ0v) is 12.4. The molecule has 23 heavy (non-hydrogen) atoms. The Labute approximate surface area is 132 Å². The van der Waals surface area contributed by atoms with E-state index >= 15 is 0 Å². The Morgan fingerprint density at radius 3 is 2.91 bits per heavy atom. The molecule has 2 aromatic carbocycles. The summed E-state index contributed by atoms with van der Waals surface area (Å²) in [6.45, 7) is 0.186. The maximum absolute atomic E-state index is 12.1. The van der Waals surface area contributed by atoms with E-state index in [9.17, 15) is 14.9 Å². The Balaban J connectivity index is 1.78. The second-order valence-corrected chi connectivity index (χ2v) is 5.93. The fraction of sp³-hybridized carbons (Fsp3) is 0.0667. The van der Waals surface area contributed by atoms with Crippen LogP contribution >= 0.6 is 11.3 Å². The van der Waals surface area contributed by atoms with Crippen LogP contribution in [-0.4, -0.2) is 14.5 Å². The van der Waals surface area contributed by atoms with Crippen molar-refractivity contribution in [2.24, 2.45) is 0 Å². The first-order valence-corrected chi connectivity index (χ1v) is 7.56. The van der Waals surface area contributed by atoms with Gasteiger partial charge in [-0.05, 0) is 18.2 Å². The lowest BCUT2D eigenvalue weighted by atomic mass is 10.3. The van der Waals surface area contributed by atoms with Crippen molar-refractivity contribution in [3.8, 4) is 0 Å². The predicted octanol–water partition coefficient (Wildman–Crippen LogP) is 3.16. The predicted molar refractivity (Wildman–Crippen MR) is 85.9 cm³/mol. The van der Waals surface area contributed by atoms with Gasteiger partial charge in [0.2, 0.25) is 5.89 Å². The molecule has 0 N–H and O–H groups in total. The molecule has 7 nitrogen and oxygen atoms in total. The second kappa shape index (κ2) is 5.03. The van der Waals surface area contributed by atoms with Crippen LogP contribution in [0.5, 0.6) is 0 Å². The highest BCUT2D eigenvalue weighted by Crippen LogP contribution is 2.23. The summed E-state index contributed by atoms with van der Waals surface area (Å²) in [6, 6.07) is 11.7. The number of benzene rings is 2. The molecule has 0 bridgehead atoms. The molecule has 0 spiro atoms. The molecule has 0 radical (unpaired) electrons. The summed E-state index contributed by atoms with van der Waals surface area (Å²) in [5, 5.41) is 10.8. The van der Waals surface area contributed by atoms with Crippen LogP contribution in [0, 0.1) is 10.1 Å². The van der Waals surface area contributed by atoms with Crippen molar-refractivity contribution >= 4 is 38.3 Å². The number of nitro groups is 1. The first-order valence-electron chi connectivity index (χ1n) is 6.74. The van der Waals surface area contributed by atoms with Crippen molar-refractivity contribution < 1.29 is 9.34 Å². The molecule has 0 fully saturated rings. The van der Waals surface area contributed by atoms with E-state index in [1.54, 1.807) is 4.57 Å². The van der Waals surface area contributed by atoms with Crippen LogP contribution in [0.15, 0.2) is 51.7 Å². The number of fused-ring (bicyclic) bond motifs is 2. The van der Waals surface area contributed by atoms with Crippen LogP contribution in [0.4, 0.5) is 5.69 Å². The maximum Gasteiger partial charge on any atom is 0.308 e. The zero-order valence-electron chi connectivity index (χ0n) is 11.6.